The fourth-order valence-electron chi connectivity index (χ4n) is 2.61. The van der Waals surface area contributed by atoms with Crippen LogP contribution in [0.5, 0.6) is 5.75 Å². The molecule has 3 rings (SSSR count). The number of azo groups is 1. The normalized spacial score (nSPS) is 11.6. The quantitative estimate of drug-likeness (QED) is 0.280. The summed E-state index contributed by atoms with van der Waals surface area (Å²) >= 11 is 6.01. The predicted octanol–water partition coefficient (Wildman–Crippen LogP) is 4.87. The minimum absolute atomic E-state index is 0. The van der Waals surface area contributed by atoms with Gasteiger partial charge in [0.05, 0.1) is 0 Å². The van der Waals surface area contributed by atoms with Crippen LogP contribution >= 0.6 is 11.6 Å². The van der Waals surface area contributed by atoms with E-state index in [9.17, 15) is 28.0 Å². The molecule has 29 heavy (non-hydrogen) atoms. The number of aryl methyl sites for hydroxylation is 1. The van der Waals surface area contributed by atoms with Crippen LogP contribution in [0.15, 0.2) is 57.6 Å². The maximum absolute atomic E-state index is 11.6. The van der Waals surface area contributed by atoms with Crippen molar-refractivity contribution in [3.63, 3.8) is 0 Å². The van der Waals surface area contributed by atoms with Gasteiger partial charge >= 0.3 is 5.97 Å². The van der Waals surface area contributed by atoms with Gasteiger partial charge in [0.1, 0.15) is 21.8 Å². The summed E-state index contributed by atoms with van der Waals surface area (Å²) in [4.78, 5) is 10.9. The molecule has 0 atom stereocenters. The Labute approximate surface area is 181 Å². The van der Waals surface area contributed by atoms with Crippen LogP contribution in [0, 0.1) is 6.92 Å². The van der Waals surface area contributed by atoms with Gasteiger partial charge in [-0.3, -0.25) is 4.55 Å². The van der Waals surface area contributed by atoms with Crippen LogP contribution in [-0.2, 0) is 27.2 Å². The van der Waals surface area contributed by atoms with Crippen LogP contribution in [0.25, 0.3) is 10.8 Å². The third-order valence-electron chi connectivity index (χ3n) is 4.00. The van der Waals surface area contributed by atoms with E-state index >= 15 is 0 Å². The average molecular weight is 476 g/mol. The van der Waals surface area contributed by atoms with E-state index in [2.05, 4.69) is 10.2 Å². The topological polar surface area (TPSA) is 137 Å². The number of halogens is 1. The van der Waals surface area contributed by atoms with Gasteiger partial charge in [0.15, 0.2) is 5.75 Å². The third-order valence-corrected chi connectivity index (χ3v) is 5.29. The van der Waals surface area contributed by atoms with E-state index in [1.807, 2.05) is 0 Å². The monoisotopic (exact) mass is 475 g/mol. The molecule has 0 bridgehead atoms. The first kappa shape index (κ1) is 22.8. The molecule has 0 amide bonds. The van der Waals surface area contributed by atoms with Crippen molar-refractivity contribution in [2.45, 2.75) is 11.8 Å². The van der Waals surface area contributed by atoms with Crippen molar-refractivity contribution in [3.8, 4) is 5.75 Å². The van der Waals surface area contributed by atoms with E-state index in [1.54, 1.807) is 31.2 Å². The maximum Gasteiger partial charge on any atom is 0.339 e. The number of benzene rings is 3. The van der Waals surface area contributed by atoms with E-state index in [0.29, 0.717) is 16.3 Å². The molecule has 0 unspecified atom stereocenters. The zero-order chi connectivity index (χ0) is 20.6. The van der Waals surface area contributed by atoms with Crippen LogP contribution in [0.2, 0.25) is 5.02 Å². The zero-order valence-corrected chi connectivity index (χ0v) is 17.4. The van der Waals surface area contributed by atoms with E-state index in [-0.39, 0.29) is 39.0 Å². The number of rotatable bonds is 4. The van der Waals surface area contributed by atoms with Gasteiger partial charge in [0.25, 0.3) is 10.1 Å². The van der Waals surface area contributed by atoms with Gasteiger partial charge in [-0.15, -0.1) is 10.2 Å². The first-order chi connectivity index (χ1) is 13.1. The van der Waals surface area contributed by atoms with Gasteiger partial charge in [-0.25, -0.2) is 4.79 Å². The summed E-state index contributed by atoms with van der Waals surface area (Å²) in [6.45, 7) is 1.55. The molecule has 0 aliphatic carbocycles. The Morgan fingerprint density at radius 2 is 1.76 bits per heavy atom. The molecular weight excluding hydrogens is 463 g/mol. The fraction of sp³-hybridized carbons (Fsp3) is 0.0556. The number of fused-ring (bicyclic) bond motifs is 1. The Balaban J connectivity index is 0.00000300. The number of nitrogens with zero attached hydrogens (tertiary/aromatic N) is 2. The Hall–Kier alpha value is -2.49. The number of hydrogen-bond donors (Lipinski definition) is 3. The molecule has 3 aromatic carbocycles. The third kappa shape index (κ3) is 4.58. The molecule has 0 aromatic heterocycles. The fourth-order valence-corrected chi connectivity index (χ4v) is 3.46. The van der Waals surface area contributed by atoms with Crippen LogP contribution in [-0.4, -0.2) is 29.2 Å². The number of carboxylic acid groups (broad SMARTS) is 1. The zero-order valence-electron chi connectivity index (χ0n) is 14.7. The molecule has 11 heteroatoms. The number of aromatic hydroxyl groups is 1. The largest absolute Gasteiger partial charge is 0.505 e. The van der Waals surface area contributed by atoms with Crippen molar-refractivity contribution in [2.24, 2.45) is 10.2 Å². The number of phenols is 1. The van der Waals surface area contributed by atoms with Crippen LogP contribution in [0.1, 0.15) is 15.9 Å². The van der Waals surface area contributed by atoms with Crippen LogP contribution in [0.4, 0.5) is 11.4 Å². The first-order valence-electron chi connectivity index (χ1n) is 7.77. The minimum Gasteiger partial charge on any atom is -0.505 e. The molecule has 0 spiro atoms. The minimum atomic E-state index is -4.62. The SMILES string of the molecule is Cc1cc(S(=O)(=O)O)c(N=Nc2c(O)c(C(=O)O)cc3ccccc23)cc1Cl.[Mn]. The summed E-state index contributed by atoms with van der Waals surface area (Å²) in [6, 6.07) is 10.2. The van der Waals surface area contributed by atoms with Crippen molar-refractivity contribution < 1.29 is 45.0 Å². The number of carboxylic acids is 1. The van der Waals surface area contributed by atoms with Crippen molar-refractivity contribution in [1.29, 1.82) is 0 Å². The van der Waals surface area contributed by atoms with Crippen LogP contribution < -0.4 is 0 Å². The van der Waals surface area contributed by atoms with Crippen molar-refractivity contribution in [3.05, 3.63) is 58.6 Å². The molecule has 3 aromatic rings. The standard InChI is InChI=1S/C18H13ClN2O6S.Mn/c1-9-6-15(28(25,26)27)14(8-13(9)19)20-21-16-11-5-3-2-4-10(11)7-12(17(16)22)18(23)24;/h2-8,22H,1H3,(H,23,24)(H,25,26,27);. The van der Waals surface area contributed by atoms with E-state index in [0.717, 1.165) is 6.07 Å². The molecule has 151 valence electrons. The van der Waals surface area contributed by atoms with Crippen molar-refractivity contribution >= 4 is 49.8 Å². The number of aromatic carboxylic acids is 1. The second-order valence-electron chi connectivity index (χ2n) is 5.89. The maximum atomic E-state index is 11.6. The number of carbonyl (C=O) groups is 1. The molecule has 3 N–H and O–H groups in total. The van der Waals surface area contributed by atoms with Crippen molar-refractivity contribution in [1.82, 2.24) is 0 Å². The molecular formula is C18H13ClMnN2O6S. The summed E-state index contributed by atoms with van der Waals surface area (Å²) in [5.74, 6) is -1.99. The smallest absolute Gasteiger partial charge is 0.339 e. The molecule has 0 aliphatic heterocycles. The molecule has 0 heterocycles. The summed E-state index contributed by atoms with van der Waals surface area (Å²) in [5.41, 5.74) is -0.408. The molecule has 8 nitrogen and oxygen atoms in total. The Morgan fingerprint density at radius 3 is 2.38 bits per heavy atom. The van der Waals surface area contributed by atoms with Gasteiger partial charge in [0, 0.05) is 27.5 Å². The molecule has 0 saturated heterocycles. The van der Waals surface area contributed by atoms with Crippen molar-refractivity contribution in [2.75, 3.05) is 0 Å². The summed E-state index contributed by atoms with van der Waals surface area (Å²) in [5, 5.41) is 28.4. The Morgan fingerprint density at radius 1 is 1.10 bits per heavy atom. The Bertz CT molecular complexity index is 1260. The van der Waals surface area contributed by atoms with Gasteiger partial charge in [0.2, 0.25) is 0 Å². The van der Waals surface area contributed by atoms with Gasteiger partial charge < -0.3 is 10.2 Å². The Kier molecular flexibility index (Phi) is 6.67. The predicted molar refractivity (Wildman–Crippen MR) is 103 cm³/mol. The van der Waals surface area contributed by atoms with Gasteiger partial charge in [-0.05, 0) is 36.1 Å². The second-order valence-corrected chi connectivity index (χ2v) is 7.69. The van der Waals surface area contributed by atoms with E-state index in [1.165, 1.54) is 12.1 Å². The molecule has 0 aliphatic rings. The average Bonchev–Trinajstić information content (AvgIpc) is 2.61. The number of hydrogen-bond acceptors (Lipinski definition) is 6. The van der Waals surface area contributed by atoms with E-state index < -0.39 is 26.7 Å². The van der Waals surface area contributed by atoms with Gasteiger partial charge in [-0.2, -0.15) is 8.42 Å². The second kappa shape index (κ2) is 8.48. The molecule has 1 radical (unpaired) electrons. The molecule has 0 fully saturated rings. The van der Waals surface area contributed by atoms with E-state index in [4.69, 9.17) is 11.6 Å². The summed E-state index contributed by atoms with van der Waals surface area (Å²) in [6.07, 6.45) is 0. The first-order valence-corrected chi connectivity index (χ1v) is 9.58. The summed E-state index contributed by atoms with van der Waals surface area (Å²) < 4.78 is 32.7. The summed E-state index contributed by atoms with van der Waals surface area (Å²) in [7, 11) is -4.62. The molecule has 0 saturated carbocycles. The van der Waals surface area contributed by atoms with Gasteiger partial charge in [-0.1, -0.05) is 35.9 Å². The van der Waals surface area contributed by atoms with Crippen LogP contribution in [0.3, 0.4) is 0 Å².